The monoisotopic (exact) mass is 395 g/mol. The summed E-state index contributed by atoms with van der Waals surface area (Å²) in [7, 11) is 0. The van der Waals surface area contributed by atoms with Crippen LogP contribution in [0, 0.1) is 5.92 Å². The number of benzene rings is 1. The number of carbonyl (C=O) groups is 1. The first-order valence-electron chi connectivity index (χ1n) is 10.3. The molecule has 0 spiro atoms. The van der Waals surface area contributed by atoms with Crippen LogP contribution in [0.4, 0.5) is 10.5 Å². The molecule has 2 aromatic rings. The molecule has 1 aromatic heterocycles. The molecular weight excluding hydrogens is 366 g/mol. The van der Waals surface area contributed by atoms with Crippen LogP contribution in [0.15, 0.2) is 36.7 Å². The topological polar surface area (TPSA) is 77.7 Å². The maximum absolute atomic E-state index is 12.3. The van der Waals surface area contributed by atoms with Gasteiger partial charge < -0.3 is 20.1 Å². The van der Waals surface area contributed by atoms with Crippen LogP contribution in [0.3, 0.4) is 0 Å². The van der Waals surface area contributed by atoms with Crippen molar-refractivity contribution in [2.75, 3.05) is 18.8 Å². The zero-order valence-electron chi connectivity index (χ0n) is 17.4. The summed E-state index contributed by atoms with van der Waals surface area (Å²) in [5.41, 5.74) is 9.61. The van der Waals surface area contributed by atoms with Crippen molar-refractivity contribution >= 4 is 11.8 Å². The zero-order chi connectivity index (χ0) is 20.6. The van der Waals surface area contributed by atoms with Crippen LogP contribution >= 0.6 is 0 Å². The van der Waals surface area contributed by atoms with E-state index in [1.54, 1.807) is 12.4 Å². The van der Waals surface area contributed by atoms with Gasteiger partial charge in [-0.05, 0) is 68.9 Å². The molecule has 29 heavy (non-hydrogen) atoms. The van der Waals surface area contributed by atoms with Crippen molar-refractivity contribution in [2.45, 2.75) is 51.7 Å². The van der Waals surface area contributed by atoms with Gasteiger partial charge in [0.05, 0.1) is 11.9 Å². The van der Waals surface area contributed by atoms with Gasteiger partial charge in [0.2, 0.25) is 0 Å². The normalized spacial score (nSPS) is 19.6. The number of carbonyl (C=O) groups excluding carboxylic acids is 1. The Balaban J connectivity index is 1.38. The minimum Gasteiger partial charge on any atom is -0.490 e. The predicted molar refractivity (Wildman–Crippen MR) is 113 cm³/mol. The highest BCUT2D eigenvalue weighted by molar-refractivity contribution is 5.76. The number of hydrogen-bond acceptors (Lipinski definition) is 5. The molecule has 1 amide bonds. The van der Waals surface area contributed by atoms with Crippen LogP contribution in [0.25, 0.3) is 11.1 Å². The predicted octanol–water partition coefficient (Wildman–Crippen LogP) is 4.28. The number of aromatic nitrogens is 1. The number of pyridine rings is 1. The van der Waals surface area contributed by atoms with E-state index in [2.05, 4.69) is 17.1 Å². The first-order valence-corrected chi connectivity index (χ1v) is 10.3. The second-order valence-electron chi connectivity index (χ2n) is 8.95. The molecule has 2 aliphatic rings. The number of piperidine rings is 1. The fourth-order valence-corrected chi connectivity index (χ4v) is 4.16. The van der Waals surface area contributed by atoms with Gasteiger partial charge in [-0.15, -0.1) is 0 Å². The second kappa shape index (κ2) is 7.58. The first-order chi connectivity index (χ1) is 13.8. The van der Waals surface area contributed by atoms with Gasteiger partial charge in [0, 0.05) is 31.3 Å². The van der Waals surface area contributed by atoms with Gasteiger partial charge in [-0.1, -0.05) is 6.07 Å². The molecule has 2 N–H and O–H groups in total. The molecule has 6 nitrogen and oxygen atoms in total. The van der Waals surface area contributed by atoms with Crippen molar-refractivity contribution in [3.05, 3.63) is 42.2 Å². The Morgan fingerprint density at radius 2 is 2.00 bits per heavy atom. The van der Waals surface area contributed by atoms with Gasteiger partial charge in [-0.3, -0.25) is 4.98 Å². The Hall–Kier alpha value is -2.76. The van der Waals surface area contributed by atoms with Crippen molar-refractivity contribution in [1.82, 2.24) is 9.88 Å². The molecule has 1 saturated heterocycles. The van der Waals surface area contributed by atoms with Gasteiger partial charge in [-0.25, -0.2) is 4.79 Å². The van der Waals surface area contributed by atoms with Gasteiger partial charge in [0.25, 0.3) is 0 Å². The van der Waals surface area contributed by atoms with Crippen LogP contribution in [-0.4, -0.2) is 40.8 Å². The zero-order valence-corrected chi connectivity index (χ0v) is 17.4. The largest absolute Gasteiger partial charge is 0.490 e. The maximum Gasteiger partial charge on any atom is 0.410 e. The fourth-order valence-electron chi connectivity index (χ4n) is 4.16. The van der Waals surface area contributed by atoms with Gasteiger partial charge in [0.1, 0.15) is 17.5 Å². The average Bonchev–Trinajstić information content (AvgIpc) is 3.10. The van der Waals surface area contributed by atoms with E-state index in [4.69, 9.17) is 15.2 Å². The van der Waals surface area contributed by atoms with E-state index in [-0.39, 0.29) is 12.2 Å². The lowest BCUT2D eigenvalue weighted by Gasteiger charge is -2.35. The third-order valence-electron chi connectivity index (χ3n) is 5.64. The lowest BCUT2D eigenvalue weighted by atomic mass is 9.88. The molecule has 1 aromatic carbocycles. The number of ether oxygens (including phenoxy) is 2. The summed E-state index contributed by atoms with van der Waals surface area (Å²) in [4.78, 5) is 18.2. The number of nitrogens with zero attached hydrogens (tertiary/aromatic N) is 2. The van der Waals surface area contributed by atoms with Crippen molar-refractivity contribution < 1.29 is 14.3 Å². The minimum atomic E-state index is -0.458. The van der Waals surface area contributed by atoms with Gasteiger partial charge in [-0.2, -0.15) is 0 Å². The molecule has 4 rings (SSSR count). The summed E-state index contributed by atoms with van der Waals surface area (Å²) >= 11 is 0. The van der Waals surface area contributed by atoms with E-state index < -0.39 is 5.60 Å². The molecule has 0 saturated carbocycles. The fraction of sp³-hybridized carbons (Fsp3) is 0.478. The molecule has 0 bridgehead atoms. The number of nitrogens with two attached hydrogens (primary N) is 1. The van der Waals surface area contributed by atoms with E-state index in [9.17, 15) is 4.79 Å². The summed E-state index contributed by atoms with van der Waals surface area (Å²) in [5, 5.41) is 0. The van der Waals surface area contributed by atoms with Crippen LogP contribution in [0.2, 0.25) is 0 Å². The summed E-state index contributed by atoms with van der Waals surface area (Å²) in [6, 6.07) is 8.21. The Morgan fingerprint density at radius 3 is 2.69 bits per heavy atom. The molecule has 154 valence electrons. The van der Waals surface area contributed by atoms with E-state index in [0.717, 1.165) is 36.1 Å². The van der Waals surface area contributed by atoms with E-state index in [1.807, 2.05) is 37.8 Å². The average molecular weight is 396 g/mol. The van der Waals surface area contributed by atoms with Crippen LogP contribution in [0.5, 0.6) is 5.75 Å². The van der Waals surface area contributed by atoms with Crippen molar-refractivity contribution in [3.8, 4) is 16.9 Å². The van der Waals surface area contributed by atoms with Gasteiger partial charge >= 0.3 is 6.09 Å². The second-order valence-corrected chi connectivity index (χ2v) is 8.95. The third-order valence-corrected chi connectivity index (χ3v) is 5.64. The molecule has 0 aliphatic carbocycles. The Labute approximate surface area is 172 Å². The number of likely N-dealkylation sites (tertiary alicyclic amines) is 1. The smallest absolute Gasteiger partial charge is 0.410 e. The molecule has 1 atom stereocenters. The number of amides is 1. The van der Waals surface area contributed by atoms with E-state index in [0.29, 0.717) is 24.7 Å². The molecule has 1 fully saturated rings. The van der Waals surface area contributed by atoms with Crippen LogP contribution < -0.4 is 10.5 Å². The standard InChI is InChI=1S/C23H29N3O3/c1-23(2,3)29-22(27)26-10-7-15(8-11-26)21-13-17-12-16(4-5-20(17)28-21)18-6-9-25-14-19(18)24/h4-6,9,12,14-15,21H,7-8,10-11,13,24H2,1-3H3. The van der Waals surface area contributed by atoms with Crippen molar-refractivity contribution in [2.24, 2.45) is 5.92 Å². The molecule has 3 heterocycles. The highest BCUT2D eigenvalue weighted by Crippen LogP contribution is 2.38. The minimum absolute atomic E-state index is 0.163. The summed E-state index contributed by atoms with van der Waals surface area (Å²) < 4.78 is 11.8. The molecular formula is C23H29N3O3. The lowest BCUT2D eigenvalue weighted by Crippen LogP contribution is -2.44. The van der Waals surface area contributed by atoms with Crippen molar-refractivity contribution in [3.63, 3.8) is 0 Å². The summed E-state index contributed by atoms with van der Waals surface area (Å²) in [5.74, 6) is 1.40. The molecule has 6 heteroatoms. The number of rotatable bonds is 2. The number of anilines is 1. The lowest BCUT2D eigenvalue weighted by molar-refractivity contribution is 0.0123. The van der Waals surface area contributed by atoms with Gasteiger partial charge in [0.15, 0.2) is 0 Å². The highest BCUT2D eigenvalue weighted by atomic mass is 16.6. The Bertz CT molecular complexity index is 898. The molecule has 0 radical (unpaired) electrons. The van der Waals surface area contributed by atoms with Crippen LogP contribution in [-0.2, 0) is 11.2 Å². The number of hydrogen-bond donors (Lipinski definition) is 1. The van der Waals surface area contributed by atoms with Crippen molar-refractivity contribution in [1.29, 1.82) is 0 Å². The Kier molecular flexibility index (Phi) is 5.11. The van der Waals surface area contributed by atoms with E-state index >= 15 is 0 Å². The Morgan fingerprint density at radius 1 is 1.24 bits per heavy atom. The van der Waals surface area contributed by atoms with E-state index in [1.165, 1.54) is 5.56 Å². The first kappa shape index (κ1) is 19.6. The summed E-state index contributed by atoms with van der Waals surface area (Å²) in [6.07, 6.45) is 6.15. The third kappa shape index (κ3) is 4.31. The number of fused-ring (bicyclic) bond motifs is 1. The highest BCUT2D eigenvalue weighted by Gasteiger charge is 2.35. The SMILES string of the molecule is CC(C)(C)OC(=O)N1CCC(C2Cc3cc(-c4ccncc4N)ccc3O2)CC1. The molecule has 1 unspecified atom stereocenters. The maximum atomic E-state index is 12.3. The van der Waals surface area contributed by atoms with Crippen LogP contribution in [0.1, 0.15) is 39.2 Å². The quantitative estimate of drug-likeness (QED) is 0.821. The summed E-state index contributed by atoms with van der Waals surface area (Å²) in [6.45, 7) is 7.13. The molecule has 2 aliphatic heterocycles. The number of nitrogen functional groups attached to an aromatic ring is 1.